The minimum atomic E-state index is -4.92. The molecule has 2 aliphatic carbocycles. The van der Waals surface area contributed by atoms with Crippen LogP contribution in [0.2, 0.25) is 13.1 Å². The monoisotopic (exact) mass is 769 g/mol. The van der Waals surface area contributed by atoms with Gasteiger partial charge in [0.1, 0.15) is 0 Å². The van der Waals surface area contributed by atoms with Crippen molar-refractivity contribution in [3.63, 3.8) is 0 Å². The number of hydrogen-bond acceptors (Lipinski definition) is 0. The Labute approximate surface area is 299 Å². The Kier molecular flexibility index (Phi) is 10.4. The molecule has 251 valence electrons. The van der Waals surface area contributed by atoms with Gasteiger partial charge in [0.2, 0.25) is 0 Å². The predicted molar refractivity (Wildman–Crippen MR) is 213 cm³/mol. The van der Waals surface area contributed by atoms with Crippen molar-refractivity contribution in [3.8, 4) is 22.3 Å². The van der Waals surface area contributed by atoms with E-state index in [4.69, 9.17) is 17.0 Å². The first kappa shape index (κ1) is 35.9. The topological polar surface area (TPSA) is 0 Å². The van der Waals surface area contributed by atoms with Gasteiger partial charge in [0.15, 0.2) is 0 Å². The van der Waals surface area contributed by atoms with Gasteiger partial charge in [-0.15, -0.1) is 0 Å². The molecule has 0 bridgehead atoms. The molecule has 0 amide bonds. The van der Waals surface area contributed by atoms with Crippen molar-refractivity contribution in [1.29, 1.82) is 0 Å². The van der Waals surface area contributed by atoms with Crippen LogP contribution < -0.4 is 0 Å². The van der Waals surface area contributed by atoms with Gasteiger partial charge in [0, 0.05) is 0 Å². The van der Waals surface area contributed by atoms with Crippen LogP contribution in [0.25, 0.3) is 34.4 Å². The van der Waals surface area contributed by atoms with E-state index in [0.717, 1.165) is 25.7 Å². The van der Waals surface area contributed by atoms with Gasteiger partial charge < -0.3 is 0 Å². The van der Waals surface area contributed by atoms with Crippen LogP contribution in [0.4, 0.5) is 0 Å². The molecular formula is C44H53Cl2SiZr. The number of fused-ring (bicyclic) bond motifs is 2. The van der Waals surface area contributed by atoms with Gasteiger partial charge in [-0.1, -0.05) is 0 Å². The molecule has 0 heterocycles. The second-order valence-corrected chi connectivity index (χ2v) is 57.8. The molecule has 4 aromatic rings. The van der Waals surface area contributed by atoms with Gasteiger partial charge in [0.25, 0.3) is 0 Å². The maximum absolute atomic E-state index is 8.83. The second kappa shape index (κ2) is 14.0. The Morgan fingerprint density at radius 3 is 1.27 bits per heavy atom. The van der Waals surface area contributed by atoms with Crippen LogP contribution in [0.3, 0.4) is 0 Å². The van der Waals surface area contributed by atoms with Crippen molar-refractivity contribution in [3.05, 3.63) is 129 Å². The van der Waals surface area contributed by atoms with Crippen LogP contribution in [0.15, 0.2) is 96.1 Å². The molecule has 0 radical (unpaired) electrons. The van der Waals surface area contributed by atoms with Crippen molar-refractivity contribution in [2.75, 3.05) is 0 Å². The molecule has 2 unspecified atom stereocenters. The molecule has 4 heteroatoms. The summed E-state index contributed by atoms with van der Waals surface area (Å²) in [4.78, 5) is 0. The molecule has 0 N–H and O–H groups in total. The fourth-order valence-electron chi connectivity index (χ4n) is 8.95. The molecule has 0 saturated carbocycles. The number of hydrogen-bond donors (Lipinski definition) is 0. The van der Waals surface area contributed by atoms with Crippen molar-refractivity contribution in [1.82, 2.24) is 0 Å². The molecule has 48 heavy (non-hydrogen) atoms. The molecule has 0 aliphatic heterocycles. The average molecular weight is 772 g/mol. The Hall–Kier alpha value is -1.96. The summed E-state index contributed by atoms with van der Waals surface area (Å²) in [6.07, 6.45) is 9.42. The van der Waals surface area contributed by atoms with E-state index in [0.29, 0.717) is 11.8 Å². The van der Waals surface area contributed by atoms with E-state index in [1.54, 1.807) is 0 Å². The third-order valence-electron chi connectivity index (χ3n) is 11.3. The fourth-order valence-corrected chi connectivity index (χ4v) is 40.4. The number of halogens is 2. The number of aryl methyl sites for hydroxylation is 2. The van der Waals surface area contributed by atoms with E-state index in [1.807, 2.05) is 0 Å². The number of allylic oxidation sites excluding steroid dienone is 2. The van der Waals surface area contributed by atoms with Crippen molar-refractivity contribution < 1.29 is 15.6 Å². The van der Waals surface area contributed by atoms with Crippen LogP contribution >= 0.6 is 17.0 Å². The number of benzene rings is 4. The molecule has 2 aliphatic rings. The van der Waals surface area contributed by atoms with Gasteiger partial charge in [-0.25, -0.2) is 0 Å². The molecule has 0 fully saturated rings. The van der Waals surface area contributed by atoms with Crippen molar-refractivity contribution >= 4 is 35.1 Å². The Balaban J connectivity index is 1.66. The van der Waals surface area contributed by atoms with Gasteiger partial charge in [-0.05, 0) is 0 Å². The normalized spacial score (nSPS) is 18.1. The molecular weight excluding hydrogens is 719 g/mol. The quantitative estimate of drug-likeness (QED) is 0.133. The maximum atomic E-state index is 8.83. The third-order valence-corrected chi connectivity index (χ3v) is 63.0. The SMILES string of the molecule is CCCc1ccc2c(c1-c1ccccc1)C=C(C(C)C)[CH]2[Zr]([Cl])([Cl])([CH]1C(C(C)C)=Cc2c1ccc(CCC)c2-c1ccccc1)[SiH](C)C. The summed E-state index contributed by atoms with van der Waals surface area (Å²) in [6, 6.07) is 31.7. The Morgan fingerprint density at radius 2 is 0.958 bits per heavy atom. The van der Waals surface area contributed by atoms with E-state index in [9.17, 15) is 0 Å². The Morgan fingerprint density at radius 1 is 0.583 bits per heavy atom. The van der Waals surface area contributed by atoms with Gasteiger partial charge in [0.05, 0.1) is 0 Å². The molecule has 0 aromatic heterocycles. The first-order chi connectivity index (χ1) is 22.9. The zero-order valence-electron chi connectivity index (χ0n) is 30.2. The van der Waals surface area contributed by atoms with Gasteiger partial charge in [-0.3, -0.25) is 0 Å². The van der Waals surface area contributed by atoms with Crippen molar-refractivity contribution in [2.24, 2.45) is 11.8 Å². The molecule has 0 spiro atoms. The zero-order valence-corrected chi connectivity index (χ0v) is 35.3. The van der Waals surface area contributed by atoms with Gasteiger partial charge in [-0.2, -0.15) is 0 Å². The minimum absolute atomic E-state index is 0.0863. The summed E-state index contributed by atoms with van der Waals surface area (Å²) in [5.41, 5.74) is 16.6. The summed E-state index contributed by atoms with van der Waals surface area (Å²) in [6.45, 7) is 19.0. The van der Waals surface area contributed by atoms with E-state index in [-0.39, 0.29) is 7.25 Å². The third kappa shape index (κ3) is 5.86. The van der Waals surface area contributed by atoms with E-state index in [2.05, 4.69) is 152 Å². The average Bonchev–Trinajstić information content (AvgIpc) is 3.67. The molecule has 0 saturated heterocycles. The first-order valence-electron chi connectivity index (χ1n) is 18.4. The van der Waals surface area contributed by atoms with E-state index in [1.165, 1.54) is 66.8 Å². The van der Waals surface area contributed by atoms with E-state index >= 15 is 0 Å². The molecule has 0 nitrogen and oxygen atoms in total. The van der Waals surface area contributed by atoms with E-state index < -0.39 is 21.5 Å². The summed E-state index contributed by atoms with van der Waals surface area (Å²) in [7, 11) is 17.7. The fraction of sp³-hybridized carbons (Fsp3) is 0.364. The zero-order chi connectivity index (χ0) is 34.4. The summed E-state index contributed by atoms with van der Waals surface area (Å²) in [5.74, 6) is -0.980. The molecule has 2 atom stereocenters. The number of rotatable bonds is 11. The van der Waals surface area contributed by atoms with Crippen LogP contribution in [0.1, 0.15) is 95.0 Å². The van der Waals surface area contributed by atoms with Crippen LogP contribution in [0, 0.1) is 11.8 Å². The molecule has 6 rings (SSSR count). The molecule has 4 aromatic carbocycles. The standard InChI is InChI=1S/2C21H23.C2H7Si.2ClH.Zr/c2*1-4-8-16-11-12-18-13-19(15(2)3)14-20(18)21(16)17-9-6-5-7-10-17;1-3-2;;;/h2*5-7,9-15H,4,8H2,1-3H3;3H,1-2H3;2*1H;/q;;;;;+2/p-2. The summed E-state index contributed by atoms with van der Waals surface area (Å²) in [5, 5.41) is 0. The Bertz CT molecular complexity index is 1740. The second-order valence-electron chi connectivity index (χ2n) is 15.3. The predicted octanol–water partition coefficient (Wildman–Crippen LogP) is 13.8. The van der Waals surface area contributed by atoms with Crippen LogP contribution in [-0.2, 0) is 28.4 Å². The van der Waals surface area contributed by atoms with Crippen LogP contribution in [-0.4, -0.2) is 5.92 Å². The van der Waals surface area contributed by atoms with Gasteiger partial charge >= 0.3 is 302 Å². The van der Waals surface area contributed by atoms with Crippen LogP contribution in [0.5, 0.6) is 0 Å². The van der Waals surface area contributed by atoms with Crippen molar-refractivity contribution in [2.45, 2.75) is 87.6 Å². The summed E-state index contributed by atoms with van der Waals surface area (Å²) < 4.78 is 0.173. The summed E-state index contributed by atoms with van der Waals surface area (Å²) >= 11 is -4.92. The first-order valence-corrected chi connectivity index (χ1v) is 34.7.